The third kappa shape index (κ3) is 5.67. The summed E-state index contributed by atoms with van der Waals surface area (Å²) >= 11 is 0. The maximum Gasteiger partial charge on any atom is 0.0710 e. The topological polar surface area (TPSA) is 24.5 Å². The van der Waals surface area contributed by atoms with Crippen molar-refractivity contribution in [1.29, 1.82) is 0 Å². The van der Waals surface area contributed by atoms with Crippen molar-refractivity contribution >= 4 is 24.8 Å². The van der Waals surface area contributed by atoms with Crippen molar-refractivity contribution in [2.75, 3.05) is 27.2 Å². The molecule has 0 spiro atoms. The van der Waals surface area contributed by atoms with Crippen LogP contribution in [0.3, 0.4) is 0 Å². The maximum absolute atomic E-state index is 5.38. The van der Waals surface area contributed by atoms with E-state index in [1.54, 1.807) is 7.11 Å². The fourth-order valence-corrected chi connectivity index (χ4v) is 2.36. The fraction of sp³-hybridized carbons (Fsp3) is 0.571. The van der Waals surface area contributed by atoms with Crippen molar-refractivity contribution in [3.05, 3.63) is 35.4 Å². The first-order valence-corrected chi connectivity index (χ1v) is 6.29. The van der Waals surface area contributed by atoms with E-state index in [1.165, 1.54) is 11.1 Å². The first-order valence-electron chi connectivity index (χ1n) is 6.29. The Morgan fingerprint density at radius 1 is 1.21 bits per heavy atom. The Hall–Kier alpha value is -0.320. The van der Waals surface area contributed by atoms with Crippen molar-refractivity contribution < 1.29 is 4.74 Å². The molecular weight excluding hydrogens is 283 g/mol. The second-order valence-corrected chi connectivity index (χ2v) is 4.73. The molecular formula is C14H24Cl2N2O. The number of rotatable bonds is 5. The molecule has 1 aromatic rings. The monoisotopic (exact) mass is 306 g/mol. The molecule has 1 atom stereocenters. The van der Waals surface area contributed by atoms with Gasteiger partial charge in [-0.3, -0.25) is 4.90 Å². The van der Waals surface area contributed by atoms with E-state index in [1.807, 2.05) is 7.05 Å². The Bertz CT molecular complexity index is 346. The highest BCUT2D eigenvalue weighted by Gasteiger charge is 2.21. The lowest BCUT2D eigenvalue weighted by atomic mass is 10.1. The van der Waals surface area contributed by atoms with Crippen LogP contribution < -0.4 is 5.32 Å². The number of hydrogen-bond donors (Lipinski definition) is 1. The van der Waals surface area contributed by atoms with E-state index in [2.05, 4.69) is 34.5 Å². The summed E-state index contributed by atoms with van der Waals surface area (Å²) in [7, 11) is 3.78. The van der Waals surface area contributed by atoms with Gasteiger partial charge in [0.15, 0.2) is 0 Å². The molecule has 19 heavy (non-hydrogen) atoms. The number of nitrogens with zero attached hydrogens (tertiary/aromatic N) is 1. The van der Waals surface area contributed by atoms with Crippen molar-refractivity contribution in [1.82, 2.24) is 10.2 Å². The molecule has 0 amide bonds. The van der Waals surface area contributed by atoms with Gasteiger partial charge in [-0.1, -0.05) is 24.3 Å². The number of ether oxygens (including phenoxy) is 1. The van der Waals surface area contributed by atoms with E-state index < -0.39 is 0 Å². The van der Waals surface area contributed by atoms with Gasteiger partial charge in [-0.05, 0) is 24.6 Å². The smallest absolute Gasteiger partial charge is 0.0710 e. The highest BCUT2D eigenvalue weighted by Crippen LogP contribution is 2.15. The molecule has 2 rings (SSSR count). The van der Waals surface area contributed by atoms with Gasteiger partial charge < -0.3 is 10.1 Å². The molecule has 5 heteroatoms. The van der Waals surface area contributed by atoms with Gasteiger partial charge in [-0.15, -0.1) is 24.8 Å². The maximum atomic E-state index is 5.38. The number of benzene rings is 1. The fourth-order valence-electron chi connectivity index (χ4n) is 2.36. The van der Waals surface area contributed by atoms with E-state index >= 15 is 0 Å². The average Bonchev–Trinajstić information content (AvgIpc) is 2.80. The Labute approximate surface area is 128 Å². The van der Waals surface area contributed by atoms with Crippen LogP contribution in [0.1, 0.15) is 17.5 Å². The summed E-state index contributed by atoms with van der Waals surface area (Å²) in [6.07, 6.45) is 1.59. The van der Waals surface area contributed by atoms with Crippen molar-refractivity contribution in [2.45, 2.75) is 25.6 Å². The van der Waals surface area contributed by atoms with Gasteiger partial charge in [0.2, 0.25) is 0 Å². The number of halogens is 2. The molecule has 0 aromatic heterocycles. The average molecular weight is 307 g/mol. The van der Waals surface area contributed by atoms with Crippen LogP contribution in [0.15, 0.2) is 24.3 Å². The summed E-state index contributed by atoms with van der Waals surface area (Å²) < 4.78 is 5.38. The van der Waals surface area contributed by atoms with Gasteiger partial charge >= 0.3 is 0 Å². The van der Waals surface area contributed by atoms with Crippen molar-refractivity contribution in [3.63, 3.8) is 0 Å². The molecule has 110 valence electrons. The highest BCUT2D eigenvalue weighted by molar-refractivity contribution is 5.85. The molecule has 1 aromatic carbocycles. The third-order valence-electron chi connectivity index (χ3n) is 3.37. The zero-order valence-corrected chi connectivity index (χ0v) is 13.2. The molecule has 0 aliphatic carbocycles. The van der Waals surface area contributed by atoms with Crippen LogP contribution in [0.25, 0.3) is 0 Å². The lowest BCUT2D eigenvalue weighted by Gasteiger charge is -2.15. The minimum absolute atomic E-state index is 0. The molecule has 0 saturated carbocycles. The summed E-state index contributed by atoms with van der Waals surface area (Å²) in [6, 6.07) is 8.87. The summed E-state index contributed by atoms with van der Waals surface area (Å²) in [6.45, 7) is 4.20. The predicted molar refractivity (Wildman–Crippen MR) is 84.4 cm³/mol. The molecule has 1 aliphatic heterocycles. The normalized spacial score (nSPS) is 18.7. The van der Waals surface area contributed by atoms with Crippen LogP contribution in [-0.2, 0) is 17.8 Å². The van der Waals surface area contributed by atoms with Crippen LogP contribution in [0.5, 0.6) is 0 Å². The Morgan fingerprint density at radius 2 is 1.84 bits per heavy atom. The van der Waals surface area contributed by atoms with E-state index in [-0.39, 0.29) is 24.8 Å². The van der Waals surface area contributed by atoms with Gasteiger partial charge in [0.05, 0.1) is 6.10 Å². The summed E-state index contributed by atoms with van der Waals surface area (Å²) in [5.74, 6) is 0. The zero-order valence-electron chi connectivity index (χ0n) is 11.6. The predicted octanol–water partition coefficient (Wildman–Crippen LogP) is 2.47. The Balaban J connectivity index is 0.00000162. The molecule has 1 saturated heterocycles. The summed E-state index contributed by atoms with van der Waals surface area (Å²) in [5, 5.41) is 3.16. The van der Waals surface area contributed by atoms with E-state index in [4.69, 9.17) is 4.74 Å². The van der Waals surface area contributed by atoms with Gasteiger partial charge in [0.1, 0.15) is 0 Å². The van der Waals surface area contributed by atoms with Crippen LogP contribution in [-0.4, -0.2) is 38.3 Å². The summed E-state index contributed by atoms with van der Waals surface area (Å²) in [4.78, 5) is 2.46. The summed E-state index contributed by atoms with van der Waals surface area (Å²) in [5.41, 5.74) is 2.73. The van der Waals surface area contributed by atoms with Crippen LogP contribution >= 0.6 is 24.8 Å². The quantitative estimate of drug-likeness (QED) is 0.904. The van der Waals surface area contributed by atoms with Gasteiger partial charge in [-0.2, -0.15) is 0 Å². The molecule has 0 bridgehead atoms. The molecule has 0 radical (unpaired) electrons. The molecule has 1 heterocycles. The second-order valence-electron chi connectivity index (χ2n) is 4.73. The molecule has 1 unspecified atom stereocenters. The lowest BCUT2D eigenvalue weighted by Crippen LogP contribution is -2.22. The van der Waals surface area contributed by atoms with Gasteiger partial charge in [-0.25, -0.2) is 0 Å². The van der Waals surface area contributed by atoms with Gasteiger partial charge in [0, 0.05) is 33.3 Å². The largest absolute Gasteiger partial charge is 0.380 e. The van der Waals surface area contributed by atoms with Crippen molar-refractivity contribution in [3.8, 4) is 0 Å². The van der Waals surface area contributed by atoms with Crippen LogP contribution in [0.4, 0.5) is 0 Å². The molecule has 1 N–H and O–H groups in total. The highest BCUT2D eigenvalue weighted by atomic mass is 35.5. The first kappa shape index (κ1) is 18.7. The SMILES string of the molecule is CNCc1ccc(CN2CCC(OC)C2)cc1.Cl.Cl. The standard InChI is InChI=1S/C14H22N2O.2ClH/c1-15-9-12-3-5-13(6-4-12)10-16-8-7-14(11-16)17-2;;/h3-6,14-15H,7-11H2,1-2H3;2*1H. The minimum atomic E-state index is 0. The van der Waals surface area contributed by atoms with E-state index in [9.17, 15) is 0 Å². The first-order chi connectivity index (χ1) is 8.31. The second kappa shape index (κ2) is 9.56. The van der Waals surface area contributed by atoms with E-state index in [0.717, 1.165) is 32.6 Å². The number of methoxy groups -OCH3 is 1. The van der Waals surface area contributed by atoms with Crippen LogP contribution in [0, 0.1) is 0 Å². The number of nitrogens with one attached hydrogen (secondary N) is 1. The van der Waals surface area contributed by atoms with Crippen LogP contribution in [0.2, 0.25) is 0 Å². The molecule has 1 aliphatic rings. The molecule has 1 fully saturated rings. The van der Waals surface area contributed by atoms with E-state index in [0.29, 0.717) is 6.10 Å². The number of hydrogen-bond acceptors (Lipinski definition) is 3. The minimum Gasteiger partial charge on any atom is -0.380 e. The Kier molecular flexibility index (Phi) is 9.40. The Morgan fingerprint density at radius 3 is 2.37 bits per heavy atom. The zero-order chi connectivity index (χ0) is 12.1. The van der Waals surface area contributed by atoms with Gasteiger partial charge in [0.25, 0.3) is 0 Å². The van der Waals surface area contributed by atoms with Crippen molar-refractivity contribution in [2.24, 2.45) is 0 Å². The number of likely N-dealkylation sites (tertiary alicyclic amines) is 1. The third-order valence-corrected chi connectivity index (χ3v) is 3.37. The lowest BCUT2D eigenvalue weighted by molar-refractivity contribution is 0.107. The molecule has 3 nitrogen and oxygen atoms in total.